The molecule has 0 N–H and O–H groups in total. The molecule has 82 valence electrons. The Morgan fingerprint density at radius 3 is 2.31 bits per heavy atom. The van der Waals surface area contributed by atoms with Crippen LogP contribution in [0.3, 0.4) is 0 Å². The van der Waals surface area contributed by atoms with E-state index in [1.54, 1.807) is 0 Å². The monoisotopic (exact) mass is 212 g/mol. The van der Waals surface area contributed by atoms with Crippen LogP contribution < -0.4 is 0 Å². The molecule has 2 nitrogen and oxygen atoms in total. The van der Waals surface area contributed by atoms with E-state index in [2.05, 4.69) is 19.1 Å². The lowest BCUT2D eigenvalue weighted by atomic mass is 9.75. The van der Waals surface area contributed by atoms with Gasteiger partial charge in [-0.3, -0.25) is 0 Å². The largest absolute Gasteiger partial charge is 0.198 e. The summed E-state index contributed by atoms with van der Waals surface area (Å²) in [6.07, 6.45) is 2.82. The summed E-state index contributed by atoms with van der Waals surface area (Å²) in [6, 6.07) is 14.4. The SMILES string of the molecule is CCC[C@](C#N)(CCC#N)c1ccccc1. The molecule has 0 aliphatic heterocycles. The van der Waals surface area contributed by atoms with E-state index >= 15 is 0 Å². The van der Waals surface area contributed by atoms with Crippen molar-refractivity contribution >= 4 is 0 Å². The average Bonchev–Trinajstić information content (AvgIpc) is 2.36. The van der Waals surface area contributed by atoms with Crippen molar-refractivity contribution in [3.63, 3.8) is 0 Å². The van der Waals surface area contributed by atoms with Crippen LogP contribution in [0.5, 0.6) is 0 Å². The highest BCUT2D eigenvalue weighted by Crippen LogP contribution is 2.33. The third kappa shape index (κ3) is 2.61. The number of nitrogens with zero attached hydrogens (tertiary/aromatic N) is 2. The maximum atomic E-state index is 9.43. The highest BCUT2D eigenvalue weighted by Gasteiger charge is 2.30. The number of hydrogen-bond acceptors (Lipinski definition) is 2. The Balaban J connectivity index is 3.04. The van der Waals surface area contributed by atoms with Crippen LogP contribution in [-0.2, 0) is 5.41 Å². The molecule has 16 heavy (non-hydrogen) atoms. The molecule has 1 aromatic rings. The third-order valence-corrected chi connectivity index (χ3v) is 2.88. The minimum Gasteiger partial charge on any atom is -0.198 e. The van der Waals surface area contributed by atoms with E-state index in [0.29, 0.717) is 12.8 Å². The van der Waals surface area contributed by atoms with Crippen molar-refractivity contribution in [2.75, 3.05) is 0 Å². The zero-order valence-corrected chi connectivity index (χ0v) is 9.61. The van der Waals surface area contributed by atoms with Gasteiger partial charge in [-0.1, -0.05) is 43.7 Å². The van der Waals surface area contributed by atoms with Crippen LogP contribution in [0.2, 0.25) is 0 Å². The average molecular weight is 212 g/mol. The minimum atomic E-state index is -0.480. The van der Waals surface area contributed by atoms with Gasteiger partial charge >= 0.3 is 0 Å². The van der Waals surface area contributed by atoms with Gasteiger partial charge in [-0.25, -0.2) is 0 Å². The second-order valence-electron chi connectivity index (χ2n) is 3.97. The lowest BCUT2D eigenvalue weighted by Gasteiger charge is -2.25. The Labute approximate surface area is 97.1 Å². The van der Waals surface area contributed by atoms with Gasteiger partial charge in [-0.15, -0.1) is 0 Å². The molecule has 0 heterocycles. The Morgan fingerprint density at radius 1 is 1.12 bits per heavy atom. The molecule has 2 heteroatoms. The fourth-order valence-electron chi connectivity index (χ4n) is 2.04. The van der Waals surface area contributed by atoms with Crippen molar-refractivity contribution in [3.8, 4) is 12.1 Å². The molecule has 0 spiro atoms. The topological polar surface area (TPSA) is 47.6 Å². The van der Waals surface area contributed by atoms with Crippen molar-refractivity contribution < 1.29 is 0 Å². The van der Waals surface area contributed by atoms with Gasteiger partial charge < -0.3 is 0 Å². The number of hydrogen-bond donors (Lipinski definition) is 0. The van der Waals surface area contributed by atoms with Crippen LogP contribution >= 0.6 is 0 Å². The first-order valence-electron chi connectivity index (χ1n) is 5.63. The first-order valence-corrected chi connectivity index (χ1v) is 5.63. The fraction of sp³-hybridized carbons (Fsp3) is 0.429. The number of benzene rings is 1. The predicted molar refractivity (Wildman–Crippen MR) is 63.5 cm³/mol. The van der Waals surface area contributed by atoms with Gasteiger partial charge in [-0.05, 0) is 18.4 Å². The van der Waals surface area contributed by atoms with E-state index in [1.807, 2.05) is 30.3 Å². The molecule has 1 atom stereocenters. The van der Waals surface area contributed by atoms with E-state index in [9.17, 15) is 5.26 Å². The molecule has 0 aromatic heterocycles. The van der Waals surface area contributed by atoms with Crippen LogP contribution in [0.15, 0.2) is 30.3 Å². The van der Waals surface area contributed by atoms with Crippen LogP contribution in [0.25, 0.3) is 0 Å². The molecule has 0 unspecified atom stereocenters. The summed E-state index contributed by atoms with van der Waals surface area (Å²) >= 11 is 0. The van der Waals surface area contributed by atoms with E-state index in [-0.39, 0.29) is 0 Å². The molecule has 1 aromatic carbocycles. The number of rotatable bonds is 5. The van der Waals surface area contributed by atoms with E-state index in [4.69, 9.17) is 5.26 Å². The van der Waals surface area contributed by atoms with Crippen LogP contribution in [0.1, 0.15) is 38.2 Å². The lowest BCUT2D eigenvalue weighted by molar-refractivity contribution is 0.464. The van der Waals surface area contributed by atoms with E-state index in [0.717, 1.165) is 18.4 Å². The van der Waals surface area contributed by atoms with Gasteiger partial charge in [-0.2, -0.15) is 10.5 Å². The van der Waals surface area contributed by atoms with Crippen molar-refractivity contribution in [1.82, 2.24) is 0 Å². The smallest absolute Gasteiger partial charge is 0.0832 e. The van der Waals surface area contributed by atoms with Crippen molar-refractivity contribution in [1.29, 1.82) is 10.5 Å². The zero-order chi connectivity index (χ0) is 11.9. The van der Waals surface area contributed by atoms with Crippen molar-refractivity contribution in [2.45, 2.75) is 38.0 Å². The summed E-state index contributed by atoms with van der Waals surface area (Å²) in [5.41, 5.74) is 0.556. The molecule has 0 saturated carbocycles. The van der Waals surface area contributed by atoms with Crippen LogP contribution in [-0.4, -0.2) is 0 Å². The molecule has 1 rings (SSSR count). The summed E-state index contributed by atoms with van der Waals surface area (Å²) in [5.74, 6) is 0. The standard InChI is InChI=1S/C14H16N2/c1-2-9-14(12-16,10-6-11-15)13-7-4-3-5-8-13/h3-5,7-8H,2,6,9-10H2,1H3/t14-/m1/s1. The summed E-state index contributed by atoms with van der Waals surface area (Å²) in [7, 11) is 0. The molecule has 0 radical (unpaired) electrons. The Hall–Kier alpha value is -1.80. The highest BCUT2D eigenvalue weighted by molar-refractivity contribution is 5.32. The Morgan fingerprint density at radius 2 is 1.81 bits per heavy atom. The normalized spacial score (nSPS) is 13.4. The molecule has 0 saturated heterocycles. The molecule has 0 fully saturated rings. The van der Waals surface area contributed by atoms with Gasteiger partial charge in [0, 0.05) is 6.42 Å². The summed E-state index contributed by atoms with van der Waals surface area (Å²) in [6.45, 7) is 2.07. The number of nitriles is 2. The zero-order valence-electron chi connectivity index (χ0n) is 9.61. The van der Waals surface area contributed by atoms with E-state index < -0.39 is 5.41 Å². The summed E-state index contributed by atoms with van der Waals surface area (Å²) in [5, 5.41) is 18.1. The van der Waals surface area contributed by atoms with Gasteiger partial charge in [0.1, 0.15) is 0 Å². The molecular weight excluding hydrogens is 196 g/mol. The first-order chi connectivity index (χ1) is 7.79. The lowest BCUT2D eigenvalue weighted by Crippen LogP contribution is -2.23. The molecule has 0 bridgehead atoms. The molecular formula is C14H16N2. The van der Waals surface area contributed by atoms with Gasteiger partial charge in [0.2, 0.25) is 0 Å². The fourth-order valence-corrected chi connectivity index (χ4v) is 2.04. The molecule has 0 aliphatic rings. The van der Waals surface area contributed by atoms with Crippen LogP contribution in [0.4, 0.5) is 0 Å². The predicted octanol–water partition coefficient (Wildman–Crippen LogP) is 3.55. The quantitative estimate of drug-likeness (QED) is 0.749. The van der Waals surface area contributed by atoms with Crippen molar-refractivity contribution in [2.24, 2.45) is 0 Å². The maximum absolute atomic E-state index is 9.43. The Kier molecular flexibility index (Phi) is 4.55. The van der Waals surface area contributed by atoms with Gasteiger partial charge in [0.05, 0.1) is 17.6 Å². The van der Waals surface area contributed by atoms with Gasteiger partial charge in [0.15, 0.2) is 0 Å². The van der Waals surface area contributed by atoms with E-state index in [1.165, 1.54) is 0 Å². The molecule has 0 aliphatic carbocycles. The third-order valence-electron chi connectivity index (χ3n) is 2.88. The van der Waals surface area contributed by atoms with Crippen LogP contribution in [0, 0.1) is 22.7 Å². The highest BCUT2D eigenvalue weighted by atomic mass is 14.4. The Bertz CT molecular complexity index is 397. The maximum Gasteiger partial charge on any atom is 0.0832 e. The summed E-state index contributed by atoms with van der Waals surface area (Å²) < 4.78 is 0. The van der Waals surface area contributed by atoms with Crippen molar-refractivity contribution in [3.05, 3.63) is 35.9 Å². The summed E-state index contributed by atoms with van der Waals surface area (Å²) in [4.78, 5) is 0. The second-order valence-corrected chi connectivity index (χ2v) is 3.97. The molecule has 0 amide bonds. The van der Waals surface area contributed by atoms with Gasteiger partial charge in [0.25, 0.3) is 0 Å². The minimum absolute atomic E-state index is 0.433. The second kappa shape index (κ2) is 5.93. The first kappa shape index (κ1) is 12.3.